The molecule has 0 spiro atoms. The van der Waals surface area contributed by atoms with Gasteiger partial charge in [0.1, 0.15) is 11.6 Å². The highest BCUT2D eigenvalue weighted by Gasteiger charge is 2.26. The Kier molecular flexibility index (Phi) is 5.64. The molecule has 0 amide bonds. The lowest BCUT2D eigenvalue weighted by Gasteiger charge is -2.35. The second-order valence-electron chi connectivity index (χ2n) is 7.38. The van der Waals surface area contributed by atoms with Crippen LogP contribution in [-0.4, -0.2) is 31.4 Å². The normalized spacial score (nSPS) is 17.6. The Morgan fingerprint density at radius 2 is 2.07 bits per heavy atom. The van der Waals surface area contributed by atoms with Crippen molar-refractivity contribution in [2.75, 3.05) is 11.9 Å². The van der Waals surface area contributed by atoms with Crippen molar-refractivity contribution in [2.45, 2.75) is 52.6 Å². The van der Waals surface area contributed by atoms with Crippen LogP contribution >= 0.6 is 11.3 Å². The minimum atomic E-state index is 0.287. The van der Waals surface area contributed by atoms with E-state index in [1.165, 1.54) is 23.3 Å². The summed E-state index contributed by atoms with van der Waals surface area (Å²) in [7, 11) is 0. The minimum Gasteiger partial charge on any atom is -0.316 e. The SMILES string of the molecule is Cc1nc(Nc2ncc(C)s2)cc(C2CCCCN2Cc2ncccc2C)n1. The van der Waals surface area contributed by atoms with Crippen molar-refractivity contribution < 1.29 is 0 Å². The monoisotopic (exact) mass is 394 g/mol. The Morgan fingerprint density at radius 3 is 2.86 bits per heavy atom. The van der Waals surface area contributed by atoms with Gasteiger partial charge in [0.2, 0.25) is 0 Å². The highest BCUT2D eigenvalue weighted by molar-refractivity contribution is 7.15. The smallest absolute Gasteiger partial charge is 0.188 e. The number of piperidine rings is 1. The summed E-state index contributed by atoms with van der Waals surface area (Å²) < 4.78 is 0. The minimum absolute atomic E-state index is 0.287. The fourth-order valence-electron chi connectivity index (χ4n) is 3.74. The van der Waals surface area contributed by atoms with Crippen LogP contribution in [0.5, 0.6) is 0 Å². The molecule has 0 aromatic carbocycles. The van der Waals surface area contributed by atoms with E-state index < -0.39 is 0 Å². The number of pyridine rings is 1. The first-order chi connectivity index (χ1) is 13.6. The Balaban J connectivity index is 1.59. The molecule has 1 N–H and O–H groups in total. The Hall–Kier alpha value is -2.38. The lowest BCUT2D eigenvalue weighted by atomic mass is 9.98. The van der Waals surface area contributed by atoms with E-state index in [0.717, 1.165) is 47.7 Å². The Morgan fingerprint density at radius 1 is 1.18 bits per heavy atom. The van der Waals surface area contributed by atoms with Gasteiger partial charge < -0.3 is 5.32 Å². The van der Waals surface area contributed by atoms with Gasteiger partial charge in [0.15, 0.2) is 5.13 Å². The summed E-state index contributed by atoms with van der Waals surface area (Å²) in [6.07, 6.45) is 7.31. The molecule has 0 saturated carbocycles. The maximum Gasteiger partial charge on any atom is 0.188 e. The number of hydrogen-bond donors (Lipinski definition) is 1. The first kappa shape index (κ1) is 19.0. The zero-order chi connectivity index (χ0) is 19.5. The van der Waals surface area contributed by atoms with Gasteiger partial charge in [-0.05, 0) is 51.8 Å². The first-order valence-corrected chi connectivity index (χ1v) is 10.6. The van der Waals surface area contributed by atoms with Crippen LogP contribution in [0.3, 0.4) is 0 Å². The van der Waals surface area contributed by atoms with Gasteiger partial charge in [-0.2, -0.15) is 0 Å². The molecule has 3 aromatic heterocycles. The van der Waals surface area contributed by atoms with Gasteiger partial charge in [-0.25, -0.2) is 15.0 Å². The molecule has 1 aliphatic heterocycles. The van der Waals surface area contributed by atoms with E-state index in [1.807, 2.05) is 25.4 Å². The molecule has 4 heterocycles. The van der Waals surface area contributed by atoms with E-state index in [1.54, 1.807) is 11.3 Å². The molecule has 6 nitrogen and oxygen atoms in total. The standard InChI is InChI=1S/C21H26N6S/c1-14-7-6-9-22-18(14)13-27-10-5-4-8-19(27)17-11-20(25-16(3)24-17)26-21-23-12-15(2)28-21/h6-7,9,11-12,19H,4-5,8,10,13H2,1-3H3,(H,23,24,25,26). The van der Waals surface area contributed by atoms with Crippen LogP contribution in [0.25, 0.3) is 0 Å². The highest BCUT2D eigenvalue weighted by Crippen LogP contribution is 2.32. The molecule has 4 rings (SSSR count). The Bertz CT molecular complexity index is 954. The second-order valence-corrected chi connectivity index (χ2v) is 8.61. The second kappa shape index (κ2) is 8.32. The summed E-state index contributed by atoms with van der Waals surface area (Å²) in [5.41, 5.74) is 3.47. The van der Waals surface area contributed by atoms with E-state index in [0.29, 0.717) is 0 Å². The third-order valence-electron chi connectivity index (χ3n) is 5.14. The summed E-state index contributed by atoms with van der Waals surface area (Å²) in [5.74, 6) is 1.60. The van der Waals surface area contributed by atoms with Gasteiger partial charge in [-0.15, -0.1) is 11.3 Å². The molecule has 1 unspecified atom stereocenters. The van der Waals surface area contributed by atoms with E-state index in [9.17, 15) is 0 Å². The quantitative estimate of drug-likeness (QED) is 0.675. The number of aromatic nitrogens is 4. The highest BCUT2D eigenvalue weighted by atomic mass is 32.1. The van der Waals surface area contributed by atoms with E-state index in [-0.39, 0.29) is 6.04 Å². The van der Waals surface area contributed by atoms with Gasteiger partial charge in [0, 0.05) is 29.9 Å². The summed E-state index contributed by atoms with van der Waals surface area (Å²) >= 11 is 1.63. The molecule has 1 atom stereocenters. The van der Waals surface area contributed by atoms with Crippen LogP contribution in [0.1, 0.15) is 53.0 Å². The molecule has 3 aromatic rings. The van der Waals surface area contributed by atoms with Crippen molar-refractivity contribution in [3.8, 4) is 0 Å². The predicted octanol–water partition coefficient (Wildman–Crippen LogP) is 4.72. The molecule has 7 heteroatoms. The van der Waals surface area contributed by atoms with Crippen molar-refractivity contribution in [2.24, 2.45) is 0 Å². The summed E-state index contributed by atoms with van der Waals surface area (Å²) in [6, 6.07) is 6.50. The van der Waals surface area contributed by atoms with Crippen molar-refractivity contribution in [3.05, 3.63) is 58.2 Å². The Labute approximate surface area is 170 Å². The van der Waals surface area contributed by atoms with Crippen LogP contribution in [0.4, 0.5) is 10.9 Å². The number of nitrogens with one attached hydrogen (secondary N) is 1. The van der Waals surface area contributed by atoms with Crippen LogP contribution < -0.4 is 5.32 Å². The van der Waals surface area contributed by atoms with E-state index >= 15 is 0 Å². The molecule has 146 valence electrons. The molecule has 28 heavy (non-hydrogen) atoms. The fraction of sp³-hybridized carbons (Fsp3) is 0.429. The predicted molar refractivity (Wildman–Crippen MR) is 113 cm³/mol. The summed E-state index contributed by atoms with van der Waals surface area (Å²) in [4.78, 5) is 22.0. The van der Waals surface area contributed by atoms with E-state index in [4.69, 9.17) is 4.98 Å². The van der Waals surface area contributed by atoms with Crippen LogP contribution in [0.15, 0.2) is 30.6 Å². The fourth-order valence-corrected chi connectivity index (χ4v) is 4.41. The zero-order valence-electron chi connectivity index (χ0n) is 16.6. The van der Waals surface area contributed by atoms with Crippen molar-refractivity contribution in [1.29, 1.82) is 0 Å². The topological polar surface area (TPSA) is 66.8 Å². The van der Waals surface area contributed by atoms with Crippen LogP contribution in [0, 0.1) is 20.8 Å². The van der Waals surface area contributed by atoms with Crippen molar-refractivity contribution in [1.82, 2.24) is 24.8 Å². The average Bonchev–Trinajstić information content (AvgIpc) is 3.08. The van der Waals surface area contributed by atoms with Gasteiger partial charge in [0.05, 0.1) is 17.4 Å². The molecule has 1 fully saturated rings. The summed E-state index contributed by atoms with van der Waals surface area (Å²) in [5, 5.41) is 4.21. The third-order valence-corrected chi connectivity index (χ3v) is 5.97. The van der Waals surface area contributed by atoms with Crippen molar-refractivity contribution in [3.63, 3.8) is 0 Å². The number of likely N-dealkylation sites (tertiary alicyclic amines) is 1. The number of thiazole rings is 1. The largest absolute Gasteiger partial charge is 0.316 e. The van der Waals surface area contributed by atoms with Gasteiger partial charge in [-0.3, -0.25) is 9.88 Å². The van der Waals surface area contributed by atoms with Crippen molar-refractivity contribution >= 4 is 22.3 Å². The third kappa shape index (κ3) is 4.36. The first-order valence-electron chi connectivity index (χ1n) is 9.78. The zero-order valence-corrected chi connectivity index (χ0v) is 17.5. The van der Waals surface area contributed by atoms with E-state index in [2.05, 4.69) is 51.1 Å². The van der Waals surface area contributed by atoms with Gasteiger partial charge in [-0.1, -0.05) is 12.5 Å². The molecule has 0 radical (unpaired) electrons. The van der Waals surface area contributed by atoms with Gasteiger partial charge in [0.25, 0.3) is 0 Å². The number of nitrogens with zero attached hydrogens (tertiary/aromatic N) is 5. The lowest BCUT2D eigenvalue weighted by Crippen LogP contribution is -2.34. The lowest BCUT2D eigenvalue weighted by molar-refractivity contribution is 0.135. The number of rotatable bonds is 5. The molecule has 0 aliphatic carbocycles. The average molecular weight is 395 g/mol. The number of anilines is 2. The molecular weight excluding hydrogens is 368 g/mol. The van der Waals surface area contributed by atoms with Crippen LogP contribution in [-0.2, 0) is 6.54 Å². The molecular formula is C21H26N6S. The van der Waals surface area contributed by atoms with Gasteiger partial charge >= 0.3 is 0 Å². The maximum absolute atomic E-state index is 4.79. The van der Waals surface area contributed by atoms with Crippen LogP contribution in [0.2, 0.25) is 0 Å². The number of hydrogen-bond acceptors (Lipinski definition) is 7. The molecule has 0 bridgehead atoms. The maximum atomic E-state index is 4.79. The molecule has 1 saturated heterocycles. The summed E-state index contributed by atoms with van der Waals surface area (Å²) in [6.45, 7) is 8.07. The number of aryl methyl sites for hydroxylation is 3. The molecule has 1 aliphatic rings.